The second kappa shape index (κ2) is 5.97. The Kier molecular flexibility index (Phi) is 3.77. The number of anilines is 3. The van der Waals surface area contributed by atoms with E-state index in [9.17, 15) is 4.79 Å². The van der Waals surface area contributed by atoms with Crippen LogP contribution in [0, 0.1) is 5.41 Å². The highest BCUT2D eigenvalue weighted by atomic mass is 32.2. The van der Waals surface area contributed by atoms with Crippen LogP contribution >= 0.6 is 11.8 Å². The Balaban J connectivity index is 1.64. The molecule has 25 heavy (non-hydrogen) atoms. The van der Waals surface area contributed by atoms with Crippen LogP contribution in [0.2, 0.25) is 0 Å². The van der Waals surface area contributed by atoms with Crippen molar-refractivity contribution in [2.75, 3.05) is 29.2 Å². The van der Waals surface area contributed by atoms with E-state index in [1.807, 2.05) is 67.5 Å². The summed E-state index contributed by atoms with van der Waals surface area (Å²) in [6, 6.07) is 15.7. The number of hydrogen-bond acceptors (Lipinski definition) is 5. The summed E-state index contributed by atoms with van der Waals surface area (Å²) in [6.07, 6.45) is 0.248. The van der Waals surface area contributed by atoms with Crippen molar-refractivity contribution in [2.24, 2.45) is 0 Å². The zero-order valence-corrected chi connectivity index (χ0v) is 14.9. The second-order valence-electron chi connectivity index (χ2n) is 6.20. The third-order valence-corrected chi connectivity index (χ3v) is 5.46. The van der Waals surface area contributed by atoms with E-state index in [1.54, 1.807) is 11.8 Å². The Bertz CT molecular complexity index is 875. The summed E-state index contributed by atoms with van der Waals surface area (Å²) >= 11 is 1.58. The zero-order chi connectivity index (χ0) is 17.6. The number of carbonyl (C=O) groups is 1. The molecule has 2 N–H and O–H groups in total. The smallest absolute Gasteiger partial charge is 0.237 e. The van der Waals surface area contributed by atoms with E-state index in [1.165, 1.54) is 4.90 Å². The molecule has 0 unspecified atom stereocenters. The molecule has 0 saturated carbocycles. The average Bonchev–Trinajstić information content (AvgIpc) is 3.15. The number of benzene rings is 2. The van der Waals surface area contributed by atoms with Crippen molar-refractivity contribution < 1.29 is 4.79 Å². The minimum absolute atomic E-state index is 0.0662. The van der Waals surface area contributed by atoms with E-state index in [0.717, 1.165) is 32.6 Å². The predicted molar refractivity (Wildman–Crippen MR) is 104 cm³/mol. The van der Waals surface area contributed by atoms with Gasteiger partial charge in [-0.05, 0) is 36.4 Å². The molecule has 4 rings (SSSR count). The normalized spacial score (nSPS) is 19.2. The minimum Gasteiger partial charge on any atom is -0.378 e. The van der Waals surface area contributed by atoms with Crippen LogP contribution < -0.4 is 15.1 Å². The van der Waals surface area contributed by atoms with E-state index < -0.39 is 0 Å². The molecule has 2 aliphatic rings. The summed E-state index contributed by atoms with van der Waals surface area (Å²) in [7, 11) is 3.95. The Labute approximate surface area is 150 Å². The average molecular weight is 350 g/mol. The Morgan fingerprint density at radius 3 is 2.52 bits per heavy atom. The Morgan fingerprint density at radius 1 is 1.12 bits per heavy atom. The van der Waals surface area contributed by atoms with Crippen molar-refractivity contribution in [2.45, 2.75) is 11.3 Å². The van der Waals surface area contributed by atoms with Crippen molar-refractivity contribution in [1.29, 1.82) is 5.41 Å². The van der Waals surface area contributed by atoms with Gasteiger partial charge in [0, 0.05) is 30.3 Å². The molecule has 1 fully saturated rings. The molecule has 2 heterocycles. The van der Waals surface area contributed by atoms with E-state index in [0.29, 0.717) is 0 Å². The van der Waals surface area contributed by atoms with Crippen LogP contribution in [-0.2, 0) is 4.79 Å². The number of amides is 1. The number of nitrogens with zero attached hydrogens (tertiary/aromatic N) is 2. The molecule has 0 aliphatic carbocycles. The Hall–Kier alpha value is -2.73. The van der Waals surface area contributed by atoms with Crippen LogP contribution in [0.15, 0.2) is 64.0 Å². The molecule has 2 aromatic rings. The standard InChI is InChI=1S/C19H18N4OS/c1-22(2)12-7-9-13(10-8-12)23-17(24)11-14(18(23)20)19-21-15-5-3-4-6-16(15)25-19/h3-10,20-21H,11H2,1-2H3. The molecule has 0 spiro atoms. The lowest BCUT2D eigenvalue weighted by Gasteiger charge is -2.18. The first-order valence-electron chi connectivity index (χ1n) is 8.01. The molecule has 5 nitrogen and oxygen atoms in total. The van der Waals surface area contributed by atoms with E-state index >= 15 is 0 Å². The van der Waals surface area contributed by atoms with Gasteiger partial charge in [0.05, 0.1) is 22.8 Å². The topological polar surface area (TPSA) is 59.4 Å². The Morgan fingerprint density at radius 2 is 1.84 bits per heavy atom. The van der Waals surface area contributed by atoms with Crippen LogP contribution in [0.4, 0.5) is 17.1 Å². The number of rotatable bonds is 2. The van der Waals surface area contributed by atoms with E-state index in [2.05, 4.69) is 5.32 Å². The van der Waals surface area contributed by atoms with Gasteiger partial charge in [-0.3, -0.25) is 15.1 Å². The maximum atomic E-state index is 12.5. The van der Waals surface area contributed by atoms with Gasteiger partial charge in [0.1, 0.15) is 5.84 Å². The molecule has 2 aliphatic heterocycles. The summed E-state index contributed by atoms with van der Waals surface area (Å²) in [5.74, 6) is 0.189. The van der Waals surface area contributed by atoms with Crippen molar-refractivity contribution in [1.82, 2.24) is 0 Å². The van der Waals surface area contributed by atoms with Crippen LogP contribution in [0.25, 0.3) is 0 Å². The number of hydrogen-bond donors (Lipinski definition) is 2. The van der Waals surface area contributed by atoms with Gasteiger partial charge in [-0.1, -0.05) is 23.9 Å². The van der Waals surface area contributed by atoms with Crippen molar-refractivity contribution in [3.05, 3.63) is 59.1 Å². The number of amidine groups is 1. The highest BCUT2D eigenvalue weighted by molar-refractivity contribution is 8.03. The number of thioether (sulfide) groups is 1. The van der Waals surface area contributed by atoms with Crippen molar-refractivity contribution >= 4 is 40.6 Å². The van der Waals surface area contributed by atoms with Gasteiger partial charge in [-0.25, -0.2) is 0 Å². The van der Waals surface area contributed by atoms with Gasteiger partial charge in [0.15, 0.2) is 0 Å². The summed E-state index contributed by atoms with van der Waals surface area (Å²) in [4.78, 5) is 17.2. The molecule has 126 valence electrons. The fraction of sp³-hybridized carbons (Fsp3) is 0.158. The van der Waals surface area contributed by atoms with Gasteiger partial charge in [0.25, 0.3) is 0 Å². The van der Waals surface area contributed by atoms with E-state index in [-0.39, 0.29) is 18.2 Å². The highest BCUT2D eigenvalue weighted by Crippen LogP contribution is 2.44. The number of fused-ring (bicyclic) bond motifs is 1. The maximum absolute atomic E-state index is 12.5. The zero-order valence-electron chi connectivity index (χ0n) is 14.0. The van der Waals surface area contributed by atoms with Crippen LogP contribution in [-0.4, -0.2) is 25.8 Å². The molecule has 0 atom stereocenters. The van der Waals surface area contributed by atoms with Crippen LogP contribution in [0.3, 0.4) is 0 Å². The van der Waals surface area contributed by atoms with Crippen LogP contribution in [0.1, 0.15) is 6.42 Å². The lowest BCUT2D eigenvalue weighted by Crippen LogP contribution is -2.28. The van der Waals surface area contributed by atoms with Crippen molar-refractivity contribution in [3.8, 4) is 0 Å². The fourth-order valence-electron chi connectivity index (χ4n) is 2.99. The molecule has 0 aromatic heterocycles. The molecule has 0 radical (unpaired) electrons. The van der Waals surface area contributed by atoms with Gasteiger partial charge in [-0.15, -0.1) is 0 Å². The largest absolute Gasteiger partial charge is 0.378 e. The predicted octanol–water partition coefficient (Wildman–Crippen LogP) is 3.90. The summed E-state index contributed by atoms with van der Waals surface area (Å²) in [5, 5.41) is 12.7. The first-order chi connectivity index (χ1) is 12.0. The summed E-state index contributed by atoms with van der Waals surface area (Å²) in [6.45, 7) is 0. The molecular weight excluding hydrogens is 332 g/mol. The number of nitrogens with one attached hydrogen (secondary N) is 2. The maximum Gasteiger partial charge on any atom is 0.237 e. The molecule has 2 aromatic carbocycles. The quantitative estimate of drug-likeness (QED) is 0.862. The van der Waals surface area contributed by atoms with E-state index in [4.69, 9.17) is 5.41 Å². The molecule has 6 heteroatoms. The minimum atomic E-state index is -0.0662. The third kappa shape index (κ3) is 2.68. The van der Waals surface area contributed by atoms with Crippen molar-refractivity contribution in [3.63, 3.8) is 0 Å². The lowest BCUT2D eigenvalue weighted by molar-refractivity contribution is -0.116. The summed E-state index contributed by atoms with van der Waals surface area (Å²) in [5.41, 5.74) is 3.58. The summed E-state index contributed by atoms with van der Waals surface area (Å²) < 4.78 is 0. The third-order valence-electron chi connectivity index (χ3n) is 4.33. The highest BCUT2D eigenvalue weighted by Gasteiger charge is 2.35. The monoisotopic (exact) mass is 350 g/mol. The number of carbonyl (C=O) groups excluding carboxylic acids is 1. The first kappa shape index (κ1) is 15.8. The first-order valence-corrected chi connectivity index (χ1v) is 8.82. The van der Waals surface area contributed by atoms with Gasteiger partial charge >= 0.3 is 0 Å². The van der Waals surface area contributed by atoms with Gasteiger partial charge in [0.2, 0.25) is 5.91 Å². The molecular formula is C19H18N4OS. The molecule has 0 bridgehead atoms. The lowest BCUT2D eigenvalue weighted by atomic mass is 10.2. The molecule has 1 saturated heterocycles. The number of para-hydroxylation sites is 1. The van der Waals surface area contributed by atoms with Crippen LogP contribution in [0.5, 0.6) is 0 Å². The SMILES string of the molecule is CN(C)c1ccc(N2C(=N)C(=C3Nc4ccccc4S3)CC2=O)cc1. The molecule has 1 amide bonds. The second-order valence-corrected chi connectivity index (χ2v) is 7.25. The van der Waals surface area contributed by atoms with Gasteiger partial charge < -0.3 is 10.2 Å². The van der Waals surface area contributed by atoms with Gasteiger partial charge in [-0.2, -0.15) is 0 Å². The fourth-order valence-corrected chi connectivity index (χ4v) is 4.04.